The molecule has 1 atom stereocenters. The summed E-state index contributed by atoms with van der Waals surface area (Å²) in [4.78, 5) is 17.2. The molecular weight excluding hydrogens is 371 g/mol. The summed E-state index contributed by atoms with van der Waals surface area (Å²) in [5.74, 6) is 0.458. The van der Waals surface area contributed by atoms with Crippen molar-refractivity contribution in [2.24, 2.45) is 11.7 Å². The maximum Gasteiger partial charge on any atom is 0.244 e. The van der Waals surface area contributed by atoms with Gasteiger partial charge < -0.3 is 20.9 Å². The third kappa shape index (κ3) is 7.41. The molecule has 5 nitrogen and oxygen atoms in total. The van der Waals surface area contributed by atoms with Crippen molar-refractivity contribution in [3.05, 3.63) is 35.9 Å². The number of benzene rings is 1. The number of nitrogens with two attached hydrogens (primary N) is 1. The van der Waals surface area contributed by atoms with E-state index in [4.69, 9.17) is 5.73 Å². The number of rotatable bonds is 7. The van der Waals surface area contributed by atoms with Crippen LogP contribution in [0.4, 0.5) is 0 Å². The number of nitrogens with zero attached hydrogens (tertiary/aromatic N) is 2. The van der Waals surface area contributed by atoms with E-state index in [1.54, 1.807) is 6.92 Å². The Kier molecular flexibility index (Phi) is 11.4. The van der Waals surface area contributed by atoms with Crippen LogP contribution in [0.1, 0.15) is 25.3 Å². The molecule has 0 saturated carbocycles. The lowest BCUT2D eigenvalue weighted by atomic mass is 9.91. The molecule has 1 aliphatic heterocycles. The number of likely N-dealkylation sites (N-methyl/N-ethyl adjacent to an activating group) is 1. The van der Waals surface area contributed by atoms with Gasteiger partial charge >= 0.3 is 0 Å². The molecule has 3 N–H and O–H groups in total. The molecule has 0 aromatic heterocycles. The minimum absolute atomic E-state index is 0. The van der Waals surface area contributed by atoms with Crippen LogP contribution in [0.15, 0.2) is 30.3 Å². The lowest BCUT2D eigenvalue weighted by Gasteiger charge is -2.33. The number of likely N-dealkylation sites (tertiary alicyclic amines) is 1. The van der Waals surface area contributed by atoms with Crippen molar-refractivity contribution in [2.45, 2.75) is 25.3 Å². The van der Waals surface area contributed by atoms with Crippen LogP contribution >= 0.6 is 24.8 Å². The number of nitrogens with one attached hydrogen (secondary N) is 1. The van der Waals surface area contributed by atoms with Crippen molar-refractivity contribution in [3.8, 4) is 0 Å². The molecule has 1 fully saturated rings. The molecule has 1 amide bonds. The molecule has 0 bridgehead atoms. The summed E-state index contributed by atoms with van der Waals surface area (Å²) in [5.41, 5.74) is 6.13. The fourth-order valence-electron chi connectivity index (χ4n) is 3.09. The summed E-state index contributed by atoms with van der Waals surface area (Å²) < 4.78 is 0. The predicted molar refractivity (Wildman–Crippen MR) is 113 cm³/mol. The normalized spacial score (nSPS) is 17.7. The molecule has 1 aromatic rings. The lowest BCUT2D eigenvalue weighted by Crippen LogP contribution is -2.50. The Hall–Kier alpha value is -0.850. The van der Waals surface area contributed by atoms with Gasteiger partial charge in [-0.3, -0.25) is 4.79 Å². The van der Waals surface area contributed by atoms with Gasteiger partial charge in [0.25, 0.3) is 0 Å². The topological polar surface area (TPSA) is 61.6 Å². The maximum absolute atomic E-state index is 12.5. The zero-order valence-electron chi connectivity index (χ0n) is 16.1. The minimum Gasteiger partial charge on any atom is -0.354 e. The van der Waals surface area contributed by atoms with Crippen molar-refractivity contribution in [2.75, 3.05) is 46.8 Å². The van der Waals surface area contributed by atoms with Gasteiger partial charge in [-0.1, -0.05) is 30.3 Å². The van der Waals surface area contributed by atoms with Crippen LogP contribution in [0.5, 0.6) is 0 Å². The van der Waals surface area contributed by atoms with Gasteiger partial charge in [0.15, 0.2) is 0 Å². The van der Waals surface area contributed by atoms with Gasteiger partial charge in [-0.05, 0) is 58.4 Å². The van der Waals surface area contributed by atoms with Gasteiger partial charge in [0.2, 0.25) is 5.91 Å². The first-order chi connectivity index (χ1) is 11.4. The van der Waals surface area contributed by atoms with Crippen LogP contribution in [-0.2, 0) is 10.3 Å². The van der Waals surface area contributed by atoms with E-state index in [0.29, 0.717) is 5.92 Å². The highest BCUT2D eigenvalue weighted by atomic mass is 35.5. The second-order valence-electron chi connectivity index (χ2n) is 7.37. The number of halogens is 2. The second-order valence-corrected chi connectivity index (χ2v) is 7.37. The molecule has 1 unspecified atom stereocenters. The average Bonchev–Trinajstić information content (AvgIpc) is 2.59. The SMILES string of the molecule is CN(C)CCN1CCC(CNC(=O)C(C)(N)c2ccccc2)CC1.Cl.Cl. The summed E-state index contributed by atoms with van der Waals surface area (Å²) in [6.07, 6.45) is 2.28. The Morgan fingerprint density at radius 2 is 1.81 bits per heavy atom. The molecule has 0 spiro atoms. The van der Waals surface area contributed by atoms with Gasteiger partial charge in [-0.15, -0.1) is 24.8 Å². The number of hydrogen-bond donors (Lipinski definition) is 2. The molecule has 1 aromatic carbocycles. The summed E-state index contributed by atoms with van der Waals surface area (Å²) in [6.45, 7) is 6.96. The smallest absolute Gasteiger partial charge is 0.244 e. The first-order valence-electron chi connectivity index (χ1n) is 8.89. The zero-order chi connectivity index (χ0) is 17.6. The van der Waals surface area contributed by atoms with E-state index in [1.807, 2.05) is 30.3 Å². The quantitative estimate of drug-likeness (QED) is 0.730. The number of hydrogen-bond acceptors (Lipinski definition) is 4. The minimum atomic E-state index is -0.978. The molecule has 7 heteroatoms. The van der Waals surface area contributed by atoms with Crippen molar-refractivity contribution >= 4 is 30.7 Å². The molecule has 1 aliphatic rings. The van der Waals surface area contributed by atoms with E-state index < -0.39 is 5.54 Å². The fourth-order valence-corrected chi connectivity index (χ4v) is 3.09. The number of amides is 1. The van der Waals surface area contributed by atoms with Crippen LogP contribution in [0.3, 0.4) is 0 Å². The van der Waals surface area contributed by atoms with Crippen molar-refractivity contribution in [3.63, 3.8) is 0 Å². The number of carbonyl (C=O) groups excluding carboxylic acids is 1. The Morgan fingerprint density at radius 3 is 2.35 bits per heavy atom. The Morgan fingerprint density at radius 1 is 1.23 bits per heavy atom. The molecule has 2 rings (SSSR count). The molecule has 0 radical (unpaired) electrons. The van der Waals surface area contributed by atoms with Gasteiger partial charge in [0.1, 0.15) is 5.54 Å². The van der Waals surface area contributed by atoms with Gasteiger partial charge in [-0.2, -0.15) is 0 Å². The van der Waals surface area contributed by atoms with Crippen molar-refractivity contribution in [1.29, 1.82) is 0 Å². The molecule has 1 saturated heterocycles. The van der Waals surface area contributed by atoms with E-state index in [1.165, 1.54) is 0 Å². The van der Waals surface area contributed by atoms with Gasteiger partial charge in [0, 0.05) is 19.6 Å². The Balaban J connectivity index is 0.00000312. The summed E-state index contributed by atoms with van der Waals surface area (Å²) in [5, 5.41) is 3.07. The fraction of sp³-hybridized carbons (Fsp3) is 0.632. The van der Waals surface area contributed by atoms with Gasteiger partial charge in [0.05, 0.1) is 0 Å². The predicted octanol–water partition coefficient (Wildman–Crippen LogP) is 2.09. The number of piperidine rings is 1. The van der Waals surface area contributed by atoms with E-state index >= 15 is 0 Å². The Labute approximate surface area is 170 Å². The van der Waals surface area contributed by atoms with E-state index in [-0.39, 0.29) is 30.7 Å². The monoisotopic (exact) mass is 404 g/mol. The lowest BCUT2D eigenvalue weighted by molar-refractivity contribution is -0.126. The standard InChI is InChI=1S/C19H32N4O.2ClH/c1-19(20,17-7-5-4-6-8-17)18(24)21-15-16-9-11-23(12-10-16)14-13-22(2)3;;/h4-8,16H,9-15,20H2,1-3H3,(H,21,24);2*1H. The largest absolute Gasteiger partial charge is 0.354 e. The number of carbonyl (C=O) groups is 1. The zero-order valence-corrected chi connectivity index (χ0v) is 17.7. The van der Waals surface area contributed by atoms with Crippen molar-refractivity contribution < 1.29 is 4.79 Å². The van der Waals surface area contributed by atoms with E-state index in [9.17, 15) is 4.79 Å². The van der Waals surface area contributed by atoms with E-state index in [2.05, 4.69) is 29.2 Å². The van der Waals surface area contributed by atoms with Crippen LogP contribution in [-0.4, -0.2) is 62.5 Å². The highest BCUT2D eigenvalue weighted by Crippen LogP contribution is 2.19. The van der Waals surface area contributed by atoms with Crippen molar-refractivity contribution in [1.82, 2.24) is 15.1 Å². The highest BCUT2D eigenvalue weighted by Gasteiger charge is 2.30. The first kappa shape index (κ1) is 25.1. The van der Waals surface area contributed by atoms with Gasteiger partial charge in [-0.25, -0.2) is 0 Å². The van der Waals surface area contributed by atoms with Crippen LogP contribution in [0.2, 0.25) is 0 Å². The summed E-state index contributed by atoms with van der Waals surface area (Å²) in [6, 6.07) is 9.57. The Bertz CT molecular complexity index is 518. The highest BCUT2D eigenvalue weighted by molar-refractivity contribution is 5.87. The molecule has 150 valence electrons. The van der Waals surface area contributed by atoms with E-state index in [0.717, 1.165) is 51.1 Å². The van der Waals surface area contributed by atoms with Crippen LogP contribution in [0.25, 0.3) is 0 Å². The maximum atomic E-state index is 12.5. The third-order valence-corrected chi connectivity index (χ3v) is 4.97. The molecule has 1 heterocycles. The summed E-state index contributed by atoms with van der Waals surface area (Å²) in [7, 11) is 4.22. The third-order valence-electron chi connectivity index (χ3n) is 4.97. The molecular formula is C19H34Cl2N4O. The molecule has 0 aliphatic carbocycles. The summed E-state index contributed by atoms with van der Waals surface area (Å²) >= 11 is 0. The average molecular weight is 405 g/mol. The van der Waals surface area contributed by atoms with Crippen LogP contribution in [0, 0.1) is 5.92 Å². The van der Waals surface area contributed by atoms with Crippen LogP contribution < -0.4 is 11.1 Å². The molecule has 26 heavy (non-hydrogen) atoms. The first-order valence-corrected chi connectivity index (χ1v) is 8.89. The second kappa shape index (κ2) is 11.8.